The molecule has 0 aliphatic heterocycles. The summed E-state index contributed by atoms with van der Waals surface area (Å²) in [6.07, 6.45) is 3.35. The summed E-state index contributed by atoms with van der Waals surface area (Å²) >= 11 is 3.53. The third kappa shape index (κ3) is 2.04. The predicted molar refractivity (Wildman–Crippen MR) is 71.6 cm³/mol. The first-order valence-corrected chi connectivity index (χ1v) is 6.51. The zero-order valence-electron chi connectivity index (χ0n) is 9.96. The molecule has 0 aromatic heterocycles. The molecule has 0 spiro atoms. The highest BCUT2D eigenvalue weighted by Crippen LogP contribution is 2.32. The third-order valence-electron chi connectivity index (χ3n) is 3.88. The molecule has 1 atom stereocenters. The van der Waals surface area contributed by atoms with E-state index in [0.29, 0.717) is 0 Å². The minimum absolute atomic E-state index is 0.154. The number of fused-ring (bicyclic) bond motifs is 1. The molecule has 88 valence electrons. The Morgan fingerprint density at radius 3 is 2.75 bits per heavy atom. The van der Waals surface area contributed by atoms with Crippen LogP contribution in [0.1, 0.15) is 17.5 Å². The molecule has 2 N–H and O–H groups in total. The zero-order chi connectivity index (χ0) is 11.8. The van der Waals surface area contributed by atoms with Crippen molar-refractivity contribution in [2.75, 3.05) is 20.6 Å². The molecule has 0 heterocycles. The van der Waals surface area contributed by atoms with E-state index in [1.54, 1.807) is 0 Å². The van der Waals surface area contributed by atoms with Gasteiger partial charge in [-0.05, 0) is 56.6 Å². The third-order valence-corrected chi connectivity index (χ3v) is 4.37. The minimum Gasteiger partial charge on any atom is -0.329 e. The lowest BCUT2D eigenvalue weighted by atomic mass is 9.77. The van der Waals surface area contributed by atoms with Crippen LogP contribution in [0.5, 0.6) is 0 Å². The van der Waals surface area contributed by atoms with E-state index in [-0.39, 0.29) is 5.54 Å². The van der Waals surface area contributed by atoms with Crippen LogP contribution in [-0.2, 0) is 12.8 Å². The van der Waals surface area contributed by atoms with Gasteiger partial charge in [0.15, 0.2) is 0 Å². The van der Waals surface area contributed by atoms with Crippen LogP contribution in [0, 0.1) is 0 Å². The molecule has 0 bridgehead atoms. The van der Waals surface area contributed by atoms with Gasteiger partial charge in [0.25, 0.3) is 0 Å². The molecule has 0 saturated carbocycles. The Balaban J connectivity index is 2.32. The van der Waals surface area contributed by atoms with E-state index in [1.807, 2.05) is 0 Å². The fourth-order valence-corrected chi connectivity index (χ4v) is 2.96. The summed E-state index contributed by atoms with van der Waals surface area (Å²) in [6, 6.07) is 6.60. The van der Waals surface area contributed by atoms with Crippen molar-refractivity contribution in [1.29, 1.82) is 0 Å². The van der Waals surface area contributed by atoms with E-state index in [0.717, 1.165) is 25.8 Å². The van der Waals surface area contributed by atoms with Crippen LogP contribution in [-0.4, -0.2) is 31.1 Å². The second-order valence-corrected chi connectivity index (χ2v) is 5.83. The molecule has 0 radical (unpaired) electrons. The molecular weight excluding hydrogens is 264 g/mol. The Hall–Kier alpha value is -0.380. The second-order valence-electron chi connectivity index (χ2n) is 4.91. The van der Waals surface area contributed by atoms with Gasteiger partial charge < -0.3 is 10.6 Å². The largest absolute Gasteiger partial charge is 0.329 e. The van der Waals surface area contributed by atoms with Crippen molar-refractivity contribution in [2.45, 2.75) is 24.8 Å². The van der Waals surface area contributed by atoms with Gasteiger partial charge in [0.1, 0.15) is 0 Å². The predicted octanol–water partition coefficient (Wildman–Crippen LogP) is 2.20. The highest BCUT2D eigenvalue weighted by molar-refractivity contribution is 9.10. The van der Waals surface area contributed by atoms with Crippen molar-refractivity contribution in [1.82, 2.24) is 4.90 Å². The van der Waals surface area contributed by atoms with Crippen LogP contribution >= 0.6 is 15.9 Å². The maximum atomic E-state index is 5.98. The number of benzene rings is 1. The van der Waals surface area contributed by atoms with E-state index in [4.69, 9.17) is 5.73 Å². The van der Waals surface area contributed by atoms with Crippen molar-refractivity contribution >= 4 is 15.9 Å². The lowest BCUT2D eigenvalue weighted by molar-refractivity contribution is 0.139. The maximum absolute atomic E-state index is 5.98. The minimum atomic E-state index is 0.154. The van der Waals surface area contributed by atoms with Crippen molar-refractivity contribution in [2.24, 2.45) is 5.73 Å². The number of nitrogens with zero attached hydrogens (tertiary/aromatic N) is 1. The molecule has 0 fully saturated rings. The number of aryl methyl sites for hydroxylation is 1. The van der Waals surface area contributed by atoms with E-state index in [1.165, 1.54) is 15.6 Å². The Labute approximate surface area is 106 Å². The number of nitrogens with two attached hydrogens (primary N) is 1. The highest BCUT2D eigenvalue weighted by Gasteiger charge is 2.34. The average molecular weight is 283 g/mol. The van der Waals surface area contributed by atoms with E-state index in [2.05, 4.69) is 53.1 Å². The van der Waals surface area contributed by atoms with Gasteiger partial charge in [-0.25, -0.2) is 0 Å². The normalized spacial score (nSPS) is 24.6. The van der Waals surface area contributed by atoms with Crippen molar-refractivity contribution in [3.8, 4) is 0 Å². The summed E-state index contributed by atoms with van der Waals surface area (Å²) in [4.78, 5) is 2.29. The number of rotatable bonds is 2. The van der Waals surface area contributed by atoms with Gasteiger partial charge in [-0.3, -0.25) is 0 Å². The van der Waals surface area contributed by atoms with Gasteiger partial charge in [-0.1, -0.05) is 22.0 Å². The summed E-state index contributed by atoms with van der Waals surface area (Å²) in [5, 5.41) is 0. The first-order valence-electron chi connectivity index (χ1n) is 5.72. The first kappa shape index (κ1) is 12.1. The molecule has 0 saturated heterocycles. The van der Waals surface area contributed by atoms with Gasteiger partial charge in [-0.15, -0.1) is 0 Å². The second kappa shape index (κ2) is 4.47. The van der Waals surface area contributed by atoms with Crippen LogP contribution in [0.25, 0.3) is 0 Å². The van der Waals surface area contributed by atoms with Gasteiger partial charge >= 0.3 is 0 Å². The molecular formula is C13H19BrN2. The van der Waals surface area contributed by atoms with Gasteiger partial charge in [0.05, 0.1) is 0 Å². The quantitative estimate of drug-likeness (QED) is 0.901. The Kier molecular flexibility index (Phi) is 3.38. The molecule has 1 aliphatic rings. The lowest BCUT2D eigenvalue weighted by Gasteiger charge is -2.42. The van der Waals surface area contributed by atoms with Crippen LogP contribution in [0.2, 0.25) is 0 Å². The van der Waals surface area contributed by atoms with Crippen LogP contribution in [0.15, 0.2) is 22.7 Å². The Morgan fingerprint density at radius 2 is 2.12 bits per heavy atom. The van der Waals surface area contributed by atoms with E-state index >= 15 is 0 Å². The van der Waals surface area contributed by atoms with Gasteiger partial charge in [0, 0.05) is 16.6 Å². The Morgan fingerprint density at radius 1 is 1.38 bits per heavy atom. The summed E-state index contributed by atoms with van der Waals surface area (Å²) in [5.41, 5.74) is 9.05. The maximum Gasteiger partial charge on any atom is 0.0369 e. The molecule has 1 aliphatic carbocycles. The van der Waals surface area contributed by atoms with E-state index < -0.39 is 0 Å². The molecule has 3 heteroatoms. The topological polar surface area (TPSA) is 29.3 Å². The molecule has 2 rings (SSSR count). The summed E-state index contributed by atoms with van der Waals surface area (Å²) in [5.74, 6) is 0. The summed E-state index contributed by atoms with van der Waals surface area (Å²) in [6.45, 7) is 0.732. The molecule has 2 nitrogen and oxygen atoms in total. The first-order chi connectivity index (χ1) is 7.57. The van der Waals surface area contributed by atoms with Crippen molar-refractivity contribution in [3.05, 3.63) is 33.8 Å². The van der Waals surface area contributed by atoms with Gasteiger partial charge in [0.2, 0.25) is 0 Å². The monoisotopic (exact) mass is 282 g/mol. The molecule has 1 aromatic rings. The number of hydrogen-bond donors (Lipinski definition) is 1. The number of likely N-dealkylation sites (N-methyl/N-ethyl adjacent to an activating group) is 1. The zero-order valence-corrected chi connectivity index (χ0v) is 11.5. The van der Waals surface area contributed by atoms with Crippen molar-refractivity contribution in [3.63, 3.8) is 0 Å². The molecule has 1 aromatic carbocycles. The molecule has 1 unspecified atom stereocenters. The standard InChI is InChI=1S/C13H19BrN2/c1-16(2)13(9-15)6-5-10-7-12(14)4-3-11(10)8-13/h3-4,7H,5-6,8-9,15H2,1-2H3. The lowest BCUT2D eigenvalue weighted by Crippen LogP contribution is -2.53. The fraction of sp³-hybridized carbons (Fsp3) is 0.538. The summed E-state index contributed by atoms with van der Waals surface area (Å²) in [7, 11) is 4.27. The van der Waals surface area contributed by atoms with Crippen molar-refractivity contribution < 1.29 is 0 Å². The number of halogens is 1. The Bertz CT molecular complexity index is 390. The smallest absolute Gasteiger partial charge is 0.0369 e. The molecule has 0 amide bonds. The molecule has 16 heavy (non-hydrogen) atoms. The SMILES string of the molecule is CN(C)C1(CN)CCc2cc(Br)ccc2C1. The fourth-order valence-electron chi connectivity index (χ4n) is 2.55. The van der Waals surface area contributed by atoms with Gasteiger partial charge in [-0.2, -0.15) is 0 Å². The van der Waals surface area contributed by atoms with Crippen LogP contribution in [0.3, 0.4) is 0 Å². The van der Waals surface area contributed by atoms with Crippen LogP contribution < -0.4 is 5.73 Å². The average Bonchev–Trinajstić information content (AvgIpc) is 2.28. The van der Waals surface area contributed by atoms with E-state index in [9.17, 15) is 0 Å². The number of hydrogen-bond acceptors (Lipinski definition) is 2. The highest BCUT2D eigenvalue weighted by atomic mass is 79.9. The van der Waals surface area contributed by atoms with Crippen LogP contribution in [0.4, 0.5) is 0 Å². The summed E-state index contributed by atoms with van der Waals surface area (Å²) < 4.78 is 1.18.